The van der Waals surface area contributed by atoms with Crippen LogP contribution in [0.3, 0.4) is 0 Å². The average molecular weight is 682 g/mol. The topological polar surface area (TPSA) is 163 Å². The molecule has 4 heterocycles. The highest BCUT2D eigenvalue weighted by Gasteiger charge is 2.45. The Hall–Kier alpha value is -6.04. The number of hydrogen-bond donors (Lipinski definition) is 2. The molecule has 0 radical (unpaired) electrons. The first-order valence-corrected chi connectivity index (χ1v) is 14.5. The number of likely N-dealkylation sites (N-methyl/N-ethyl adjacent to an activating group) is 1. The fourth-order valence-corrected chi connectivity index (χ4v) is 4.77. The summed E-state index contributed by atoms with van der Waals surface area (Å²) >= 11 is 0. The molecule has 0 saturated heterocycles. The van der Waals surface area contributed by atoms with Gasteiger partial charge in [0.1, 0.15) is 31.1 Å². The van der Waals surface area contributed by atoms with Crippen LogP contribution in [0.4, 0.5) is 40.7 Å². The number of imidazole rings is 1. The molecule has 5 rings (SSSR count). The lowest BCUT2D eigenvalue weighted by molar-refractivity contribution is -0.898. The SMILES string of the molecule is Cn1c(C(F)(F)F)nc([N+](=O)[O-])c1C[N+](C)(C)C/C=C/C(=O)Nc1cc2c(Nc3ccc(OCc4ccccn4)c(F)c3)ncnc2cn1. The maximum Gasteiger partial charge on any atom is 0.475 e. The Morgan fingerprint density at radius 3 is 2.61 bits per heavy atom. The highest BCUT2D eigenvalue weighted by Crippen LogP contribution is 2.33. The number of halogens is 4. The second-order valence-corrected chi connectivity index (χ2v) is 11.4. The molecule has 0 bridgehead atoms. The van der Waals surface area contributed by atoms with Crippen LogP contribution >= 0.6 is 0 Å². The second kappa shape index (κ2) is 14.0. The van der Waals surface area contributed by atoms with E-state index in [1.807, 2.05) is 0 Å². The Labute approximate surface area is 275 Å². The van der Waals surface area contributed by atoms with Crippen LogP contribution in [-0.4, -0.2) is 65.4 Å². The van der Waals surface area contributed by atoms with Gasteiger partial charge in [-0.3, -0.25) is 14.3 Å². The lowest BCUT2D eigenvalue weighted by atomic mass is 10.2. The Morgan fingerprint density at radius 1 is 1.12 bits per heavy atom. The van der Waals surface area contributed by atoms with Crippen molar-refractivity contribution in [1.82, 2.24) is 29.5 Å². The minimum absolute atomic E-state index is 0.0278. The van der Waals surface area contributed by atoms with Crippen molar-refractivity contribution in [2.75, 3.05) is 31.3 Å². The number of nitrogens with one attached hydrogen (secondary N) is 2. The van der Waals surface area contributed by atoms with Gasteiger partial charge in [0, 0.05) is 36.5 Å². The third kappa shape index (κ3) is 8.47. The van der Waals surface area contributed by atoms with E-state index < -0.39 is 34.5 Å². The number of nitrogens with zero attached hydrogens (tertiary/aromatic N) is 8. The molecule has 0 aliphatic carbocycles. The summed E-state index contributed by atoms with van der Waals surface area (Å²) in [6.45, 7) is 0.0548. The highest BCUT2D eigenvalue weighted by atomic mass is 19.4. The molecule has 0 atom stereocenters. The number of quaternary nitrogens is 1. The quantitative estimate of drug-likeness (QED) is 0.0580. The molecule has 0 aliphatic heterocycles. The van der Waals surface area contributed by atoms with Crippen molar-refractivity contribution < 1.29 is 36.5 Å². The van der Waals surface area contributed by atoms with Gasteiger partial charge in [-0.15, -0.1) is 0 Å². The summed E-state index contributed by atoms with van der Waals surface area (Å²) in [7, 11) is 4.35. The summed E-state index contributed by atoms with van der Waals surface area (Å²) in [5.74, 6) is -2.90. The van der Waals surface area contributed by atoms with Crippen LogP contribution in [0, 0.1) is 15.9 Å². The molecular formula is C31H29F4N10O4+. The lowest BCUT2D eigenvalue weighted by Gasteiger charge is -2.28. The van der Waals surface area contributed by atoms with E-state index in [2.05, 4.69) is 35.6 Å². The van der Waals surface area contributed by atoms with E-state index in [0.717, 1.165) is 7.05 Å². The van der Waals surface area contributed by atoms with E-state index in [9.17, 15) is 32.5 Å². The van der Waals surface area contributed by atoms with Gasteiger partial charge in [0.05, 0.1) is 38.0 Å². The third-order valence-corrected chi connectivity index (χ3v) is 7.13. The van der Waals surface area contributed by atoms with Crippen molar-refractivity contribution in [3.63, 3.8) is 0 Å². The first kappa shape index (κ1) is 34.3. The van der Waals surface area contributed by atoms with Crippen molar-refractivity contribution in [3.8, 4) is 5.75 Å². The van der Waals surface area contributed by atoms with E-state index >= 15 is 0 Å². The van der Waals surface area contributed by atoms with E-state index in [4.69, 9.17) is 4.74 Å². The minimum atomic E-state index is -4.87. The fraction of sp³-hybridized carbons (Fsp3) is 0.226. The molecule has 5 aromatic rings. The van der Waals surface area contributed by atoms with Crippen molar-refractivity contribution >= 4 is 40.0 Å². The van der Waals surface area contributed by atoms with Crippen molar-refractivity contribution in [1.29, 1.82) is 0 Å². The van der Waals surface area contributed by atoms with Gasteiger partial charge in [0.2, 0.25) is 5.91 Å². The number of amides is 1. The van der Waals surface area contributed by atoms with Crippen LogP contribution in [0.15, 0.2) is 73.3 Å². The number of nitro groups is 1. The number of ether oxygens (including phenoxy) is 1. The van der Waals surface area contributed by atoms with Crippen LogP contribution < -0.4 is 15.4 Å². The van der Waals surface area contributed by atoms with Crippen LogP contribution in [-0.2, 0) is 31.2 Å². The molecule has 0 spiro atoms. The summed E-state index contributed by atoms with van der Waals surface area (Å²) < 4.78 is 60.9. The second-order valence-electron chi connectivity index (χ2n) is 11.4. The van der Waals surface area contributed by atoms with Gasteiger partial charge in [-0.05, 0) is 46.3 Å². The Balaban J connectivity index is 1.24. The van der Waals surface area contributed by atoms with Gasteiger partial charge in [-0.1, -0.05) is 6.07 Å². The molecule has 0 saturated carbocycles. The predicted molar refractivity (Wildman–Crippen MR) is 169 cm³/mol. The number of pyridine rings is 2. The Kier molecular flexibility index (Phi) is 9.79. The zero-order valence-corrected chi connectivity index (χ0v) is 26.3. The molecule has 2 N–H and O–H groups in total. The molecule has 18 heteroatoms. The molecule has 254 valence electrons. The van der Waals surface area contributed by atoms with E-state index in [0.29, 0.717) is 32.7 Å². The van der Waals surface area contributed by atoms with Crippen molar-refractivity contribution in [2.24, 2.45) is 7.05 Å². The van der Waals surface area contributed by atoms with Crippen molar-refractivity contribution in [2.45, 2.75) is 19.3 Å². The smallest absolute Gasteiger partial charge is 0.475 e. The summed E-state index contributed by atoms with van der Waals surface area (Å²) in [5.41, 5.74) is 1.25. The largest absolute Gasteiger partial charge is 0.484 e. The maximum absolute atomic E-state index is 14.8. The summed E-state index contributed by atoms with van der Waals surface area (Å²) in [6, 6.07) is 11.2. The van der Waals surface area contributed by atoms with Crippen molar-refractivity contribution in [3.05, 3.63) is 106 Å². The highest BCUT2D eigenvalue weighted by molar-refractivity contribution is 6.00. The first-order valence-electron chi connectivity index (χ1n) is 14.5. The molecule has 0 unspecified atom stereocenters. The maximum atomic E-state index is 14.8. The average Bonchev–Trinajstić information content (AvgIpc) is 3.37. The number of anilines is 3. The number of rotatable bonds is 12. The zero-order chi connectivity index (χ0) is 35.3. The minimum Gasteiger partial charge on any atom is -0.484 e. The molecule has 1 aromatic carbocycles. The Morgan fingerprint density at radius 2 is 1.92 bits per heavy atom. The van der Waals surface area contributed by atoms with Crippen LogP contribution in [0.2, 0.25) is 0 Å². The van der Waals surface area contributed by atoms with Gasteiger partial charge in [0.25, 0.3) is 0 Å². The molecule has 4 aromatic heterocycles. The van der Waals surface area contributed by atoms with Gasteiger partial charge < -0.3 is 30.0 Å². The molecule has 0 aliphatic rings. The lowest BCUT2D eigenvalue weighted by Crippen LogP contribution is -2.39. The number of benzene rings is 1. The van der Waals surface area contributed by atoms with E-state index in [1.54, 1.807) is 44.6 Å². The number of aromatic nitrogens is 6. The summed E-state index contributed by atoms with van der Waals surface area (Å²) in [5, 5.41) is 17.5. The van der Waals surface area contributed by atoms with Crippen LogP contribution in [0.1, 0.15) is 17.2 Å². The van der Waals surface area contributed by atoms with Crippen LogP contribution in [0.5, 0.6) is 5.75 Å². The Bertz CT molecular complexity index is 2030. The van der Waals surface area contributed by atoms with Crippen LogP contribution in [0.25, 0.3) is 10.9 Å². The molecule has 1 amide bonds. The van der Waals surface area contributed by atoms with Gasteiger partial charge in [-0.25, -0.2) is 19.3 Å². The van der Waals surface area contributed by atoms with Gasteiger partial charge in [0.15, 0.2) is 17.3 Å². The molecule has 0 fully saturated rings. The summed E-state index contributed by atoms with van der Waals surface area (Å²) in [6.07, 6.45) is 2.17. The molecule has 49 heavy (non-hydrogen) atoms. The number of carbonyl (C=O) groups excluding carboxylic acids is 1. The monoisotopic (exact) mass is 681 g/mol. The number of hydrogen-bond acceptors (Lipinski definition) is 10. The number of alkyl halides is 3. The van der Waals surface area contributed by atoms with Gasteiger partial charge in [-0.2, -0.15) is 13.2 Å². The standard InChI is InChI=1S/C31H28F4N10O4/c1-43-24(29(44(47)48)42-30(43)31(33,34)35)16-45(2,3)12-6-8-27(46)41-26-14-21-23(15-37-26)38-18-39-28(21)40-19-9-10-25(22(32)13-19)49-17-20-7-4-5-11-36-20/h4-11,13-15,18H,12,16-17H2,1-3H3,(H-,37,38,39,40,41,46)/p+1/b8-6+. The normalized spacial score (nSPS) is 12.0. The first-order chi connectivity index (χ1) is 23.2. The van der Waals surface area contributed by atoms with E-state index in [-0.39, 0.29) is 41.4 Å². The zero-order valence-electron chi connectivity index (χ0n) is 26.3. The fourth-order valence-electron chi connectivity index (χ4n) is 4.77. The van der Waals surface area contributed by atoms with Gasteiger partial charge >= 0.3 is 17.8 Å². The van der Waals surface area contributed by atoms with E-state index in [1.165, 1.54) is 42.9 Å². The summed E-state index contributed by atoms with van der Waals surface area (Å²) in [4.78, 5) is 43.2. The number of carbonyl (C=O) groups is 1. The number of fused-ring (bicyclic) bond motifs is 1. The molecular weight excluding hydrogens is 652 g/mol. The molecule has 14 nitrogen and oxygen atoms in total. The third-order valence-electron chi connectivity index (χ3n) is 7.13. The predicted octanol–water partition coefficient (Wildman–Crippen LogP) is 5.31.